The Hall–Kier alpha value is -1.73. The summed E-state index contributed by atoms with van der Waals surface area (Å²) in [6, 6.07) is 4.62. The molecule has 0 saturated carbocycles. The highest BCUT2D eigenvalue weighted by Gasteiger charge is 2.23. The highest BCUT2D eigenvalue weighted by Crippen LogP contribution is 2.24. The number of aryl methyl sites for hydroxylation is 1. The fraction of sp³-hybridized carbons (Fsp3) is 0.385. The van der Waals surface area contributed by atoms with E-state index >= 15 is 0 Å². The van der Waals surface area contributed by atoms with Crippen LogP contribution in [0.2, 0.25) is 0 Å². The van der Waals surface area contributed by atoms with Crippen molar-refractivity contribution in [2.75, 3.05) is 5.75 Å². The molecule has 1 aliphatic rings. The zero-order valence-corrected chi connectivity index (χ0v) is 12.1. The van der Waals surface area contributed by atoms with Gasteiger partial charge in [-0.25, -0.2) is 8.42 Å². The van der Waals surface area contributed by atoms with Crippen molar-refractivity contribution in [3.05, 3.63) is 50.9 Å². The van der Waals surface area contributed by atoms with Gasteiger partial charge in [-0.15, -0.1) is 0 Å². The number of hydrogen-bond acceptors (Lipinski definition) is 5. The molecule has 0 amide bonds. The van der Waals surface area contributed by atoms with Crippen molar-refractivity contribution in [3.8, 4) is 0 Å². The Labute approximate surface area is 117 Å². The number of nitrogens with one attached hydrogen (secondary N) is 1. The molecule has 1 N–H and O–H groups in total. The Bertz CT molecular complexity index is 667. The van der Waals surface area contributed by atoms with E-state index in [4.69, 9.17) is 0 Å². The lowest BCUT2D eigenvalue weighted by atomic mass is 10.0. The van der Waals surface area contributed by atoms with Crippen LogP contribution >= 0.6 is 0 Å². The number of nitro groups is 1. The van der Waals surface area contributed by atoms with Gasteiger partial charge in [0, 0.05) is 29.1 Å². The van der Waals surface area contributed by atoms with Crippen LogP contribution in [0.5, 0.6) is 0 Å². The van der Waals surface area contributed by atoms with Crippen LogP contribution in [0.1, 0.15) is 24.1 Å². The van der Waals surface area contributed by atoms with E-state index in [9.17, 15) is 18.5 Å². The van der Waals surface area contributed by atoms with E-state index in [0.717, 1.165) is 5.56 Å². The predicted molar refractivity (Wildman–Crippen MR) is 76.1 cm³/mol. The summed E-state index contributed by atoms with van der Waals surface area (Å²) < 4.78 is 22.7. The monoisotopic (exact) mass is 296 g/mol. The van der Waals surface area contributed by atoms with Crippen LogP contribution in [0.3, 0.4) is 0 Å². The number of nitrogens with zero attached hydrogens (tertiary/aromatic N) is 1. The van der Waals surface area contributed by atoms with Gasteiger partial charge >= 0.3 is 0 Å². The van der Waals surface area contributed by atoms with Gasteiger partial charge < -0.3 is 5.32 Å². The third-order valence-corrected chi connectivity index (χ3v) is 4.72. The van der Waals surface area contributed by atoms with Crippen molar-refractivity contribution in [2.24, 2.45) is 0 Å². The fourth-order valence-corrected chi connectivity index (χ4v) is 3.44. The lowest BCUT2D eigenvalue weighted by molar-refractivity contribution is -0.385. The molecule has 0 saturated heterocycles. The number of benzene rings is 1. The molecule has 0 fully saturated rings. The van der Waals surface area contributed by atoms with E-state index in [-0.39, 0.29) is 23.5 Å². The van der Waals surface area contributed by atoms with Gasteiger partial charge in [0.15, 0.2) is 9.84 Å². The van der Waals surface area contributed by atoms with Crippen LogP contribution in [0.4, 0.5) is 5.69 Å². The summed E-state index contributed by atoms with van der Waals surface area (Å²) in [5, 5.41) is 15.3. The van der Waals surface area contributed by atoms with Crippen LogP contribution in [-0.2, 0) is 9.84 Å². The minimum atomic E-state index is -3.10. The Morgan fingerprint density at radius 1 is 1.45 bits per heavy atom. The number of rotatable bonds is 4. The maximum Gasteiger partial charge on any atom is 0.272 e. The highest BCUT2D eigenvalue weighted by molar-refractivity contribution is 7.94. The van der Waals surface area contributed by atoms with Crippen molar-refractivity contribution < 1.29 is 13.3 Å². The molecule has 1 heterocycles. The zero-order chi connectivity index (χ0) is 14.9. The van der Waals surface area contributed by atoms with Gasteiger partial charge in [-0.3, -0.25) is 10.1 Å². The average molecular weight is 296 g/mol. The molecule has 0 spiro atoms. The summed E-state index contributed by atoms with van der Waals surface area (Å²) in [4.78, 5) is 10.5. The molecule has 0 aliphatic carbocycles. The predicted octanol–water partition coefficient (Wildman–Crippen LogP) is 1.86. The third-order valence-electron chi connectivity index (χ3n) is 3.32. The standard InChI is InChI=1S/C13H16N2O4S/c1-9-3-4-11(7-13(9)15(16)17)10(2)14-12-5-6-20(18,19)8-12/h3-7,10,12,14H,8H2,1-2H3. The molecular weight excluding hydrogens is 280 g/mol. The Kier molecular flexibility index (Phi) is 3.92. The van der Waals surface area contributed by atoms with E-state index < -0.39 is 14.8 Å². The lowest BCUT2D eigenvalue weighted by Gasteiger charge is -2.18. The molecule has 0 aromatic heterocycles. The van der Waals surface area contributed by atoms with Gasteiger partial charge in [0.1, 0.15) is 0 Å². The van der Waals surface area contributed by atoms with E-state index in [0.29, 0.717) is 5.56 Å². The molecule has 1 aromatic rings. The van der Waals surface area contributed by atoms with Gasteiger partial charge in [0.05, 0.1) is 10.7 Å². The van der Waals surface area contributed by atoms with Crippen LogP contribution in [-0.4, -0.2) is 25.1 Å². The summed E-state index contributed by atoms with van der Waals surface area (Å²) >= 11 is 0. The normalized spacial score (nSPS) is 21.8. The smallest absolute Gasteiger partial charge is 0.272 e. The van der Waals surface area contributed by atoms with Crippen molar-refractivity contribution in [1.29, 1.82) is 0 Å². The Morgan fingerprint density at radius 3 is 2.70 bits per heavy atom. The lowest BCUT2D eigenvalue weighted by Crippen LogP contribution is -2.32. The molecule has 2 atom stereocenters. The summed E-state index contributed by atoms with van der Waals surface area (Å²) in [5.74, 6) is 0.0330. The molecule has 6 nitrogen and oxygen atoms in total. The van der Waals surface area contributed by atoms with Gasteiger partial charge in [0.2, 0.25) is 0 Å². The largest absolute Gasteiger partial charge is 0.303 e. The summed E-state index contributed by atoms with van der Waals surface area (Å²) in [6.07, 6.45) is 1.61. The van der Waals surface area contributed by atoms with Crippen LogP contribution in [0.25, 0.3) is 0 Å². The van der Waals surface area contributed by atoms with Gasteiger partial charge in [0.25, 0.3) is 5.69 Å². The van der Waals surface area contributed by atoms with E-state index in [1.54, 1.807) is 19.1 Å². The zero-order valence-electron chi connectivity index (χ0n) is 11.2. The van der Waals surface area contributed by atoms with Crippen molar-refractivity contribution in [3.63, 3.8) is 0 Å². The maximum atomic E-state index is 11.3. The van der Waals surface area contributed by atoms with Crippen molar-refractivity contribution in [1.82, 2.24) is 5.32 Å². The van der Waals surface area contributed by atoms with Gasteiger partial charge in [-0.1, -0.05) is 18.2 Å². The molecule has 0 bridgehead atoms. The first-order valence-corrected chi connectivity index (χ1v) is 7.92. The molecule has 7 heteroatoms. The second kappa shape index (κ2) is 5.34. The number of sulfone groups is 1. The molecule has 2 rings (SSSR count). The summed E-state index contributed by atoms with van der Waals surface area (Å²) in [6.45, 7) is 3.54. The third kappa shape index (κ3) is 3.23. The molecule has 1 aliphatic heterocycles. The van der Waals surface area contributed by atoms with Gasteiger partial charge in [-0.2, -0.15) is 0 Å². The van der Waals surface area contributed by atoms with Crippen molar-refractivity contribution >= 4 is 15.5 Å². The molecular formula is C13H16N2O4S. The second-order valence-corrected chi connectivity index (χ2v) is 6.89. The Balaban J connectivity index is 2.14. The van der Waals surface area contributed by atoms with E-state index in [2.05, 4.69) is 5.32 Å². The molecule has 108 valence electrons. The van der Waals surface area contributed by atoms with Crippen LogP contribution < -0.4 is 5.32 Å². The van der Waals surface area contributed by atoms with Gasteiger partial charge in [-0.05, 0) is 19.4 Å². The first kappa shape index (κ1) is 14.7. The topological polar surface area (TPSA) is 89.3 Å². The van der Waals surface area contributed by atoms with Crippen molar-refractivity contribution in [2.45, 2.75) is 25.9 Å². The van der Waals surface area contributed by atoms with Crippen LogP contribution in [0.15, 0.2) is 29.7 Å². The second-order valence-electron chi connectivity index (χ2n) is 4.96. The molecule has 0 radical (unpaired) electrons. The quantitative estimate of drug-likeness (QED) is 0.676. The number of hydrogen-bond donors (Lipinski definition) is 1. The average Bonchev–Trinajstić information content (AvgIpc) is 2.68. The Morgan fingerprint density at radius 2 is 2.15 bits per heavy atom. The minimum absolute atomic E-state index is 0.0330. The molecule has 2 unspecified atom stereocenters. The first-order valence-electron chi connectivity index (χ1n) is 6.20. The summed E-state index contributed by atoms with van der Waals surface area (Å²) in [7, 11) is -3.10. The van der Waals surface area contributed by atoms with E-state index in [1.807, 2.05) is 13.0 Å². The van der Waals surface area contributed by atoms with E-state index in [1.165, 1.54) is 11.5 Å². The fourth-order valence-electron chi connectivity index (χ4n) is 2.19. The summed E-state index contributed by atoms with van der Waals surface area (Å²) in [5.41, 5.74) is 1.44. The van der Waals surface area contributed by atoms with Crippen LogP contribution in [0, 0.1) is 17.0 Å². The molecule has 1 aromatic carbocycles. The maximum absolute atomic E-state index is 11.3. The molecule has 20 heavy (non-hydrogen) atoms. The highest BCUT2D eigenvalue weighted by atomic mass is 32.2. The number of nitro benzene ring substituents is 1. The SMILES string of the molecule is Cc1ccc(C(C)NC2C=CS(=O)(=O)C2)cc1[N+](=O)[O-]. The minimum Gasteiger partial charge on any atom is -0.303 e. The first-order chi connectivity index (χ1) is 9.28.